The van der Waals surface area contributed by atoms with Gasteiger partial charge in [0.1, 0.15) is 0 Å². The predicted octanol–water partition coefficient (Wildman–Crippen LogP) is 5.66. The van der Waals surface area contributed by atoms with Crippen LogP contribution in [0.25, 0.3) is 21.5 Å². The molecule has 6 rings (SSSR count). The second-order valence-electron chi connectivity index (χ2n) is 14.2. The topological polar surface area (TPSA) is 0 Å². The van der Waals surface area contributed by atoms with E-state index in [9.17, 15) is 0 Å². The maximum absolute atomic E-state index is 2.99. The maximum Gasteiger partial charge on any atom is -0.109 e. The van der Waals surface area contributed by atoms with E-state index in [1.54, 1.807) is 0 Å². The molecule has 0 nitrogen and oxygen atoms in total. The second kappa shape index (κ2) is 16.6. The first-order valence-electron chi connectivity index (χ1n) is 15.7. The molecule has 0 atom stereocenters. The molecule has 3 heteroatoms. The van der Waals surface area contributed by atoms with Crippen molar-refractivity contribution in [3.05, 3.63) is 148 Å². The Balaban J connectivity index is 0.000000270. The molecule has 5 aromatic rings. The molecule has 1 aliphatic rings. The number of aryl methyl sites for hydroxylation is 4. The largest absolute Gasteiger partial charge is 1.00 e. The standard InChI is InChI=1S/C21H25.C17H18.C5H5.2ClH.Zr/c1-20(2,3)16-7-9-18-14(12-16)11-15-13-17(21(4,5)6)8-10-19(15)18;1-12-5-7-16(9-14(12)3)11-17-8-6-13(2)15(4)10-17;1-2-4-5-3-1;;;/h7-13H,1-6H3;5-10H,1-4H3;1-3H,4H2;2*1H;/q-1;;-1;;;+2/p-2. The molecule has 0 heterocycles. The van der Waals surface area contributed by atoms with Gasteiger partial charge in [0, 0.05) is 0 Å². The van der Waals surface area contributed by atoms with Crippen LogP contribution in [0, 0.1) is 33.8 Å². The summed E-state index contributed by atoms with van der Waals surface area (Å²) in [7, 11) is 0. The molecule has 0 aromatic heterocycles. The van der Waals surface area contributed by atoms with Crippen LogP contribution in [0.5, 0.6) is 0 Å². The van der Waals surface area contributed by atoms with Crippen LogP contribution in [0.3, 0.4) is 0 Å². The minimum absolute atomic E-state index is 0. The number of halogens is 2. The molecule has 0 saturated carbocycles. The van der Waals surface area contributed by atoms with E-state index in [4.69, 9.17) is 0 Å². The Morgan fingerprint density at radius 2 is 1.04 bits per heavy atom. The van der Waals surface area contributed by atoms with Gasteiger partial charge in [0.15, 0.2) is 0 Å². The average Bonchev–Trinajstić information content (AvgIpc) is 3.66. The van der Waals surface area contributed by atoms with Crippen LogP contribution >= 0.6 is 0 Å². The zero-order valence-corrected chi connectivity index (χ0v) is 33.2. The third-order valence-electron chi connectivity index (χ3n) is 8.61. The van der Waals surface area contributed by atoms with Gasteiger partial charge in [-0.05, 0) is 10.8 Å². The number of hydrogen-bond donors (Lipinski definition) is 0. The quantitative estimate of drug-likeness (QED) is 0.206. The van der Waals surface area contributed by atoms with Gasteiger partial charge in [0.2, 0.25) is 0 Å². The molecule has 0 N–H and O–H groups in total. The van der Waals surface area contributed by atoms with E-state index in [2.05, 4.69) is 160 Å². The summed E-state index contributed by atoms with van der Waals surface area (Å²) in [6.07, 6.45) is 10.0. The molecule has 0 unspecified atom stereocenters. The van der Waals surface area contributed by atoms with Crippen molar-refractivity contribution in [1.82, 2.24) is 0 Å². The minimum atomic E-state index is 0. The number of fused-ring (bicyclic) bond motifs is 3. The van der Waals surface area contributed by atoms with Crippen molar-refractivity contribution in [3.8, 4) is 0 Å². The van der Waals surface area contributed by atoms with Gasteiger partial charge < -0.3 is 24.8 Å². The van der Waals surface area contributed by atoms with Gasteiger partial charge in [-0.1, -0.05) is 76.9 Å². The van der Waals surface area contributed by atoms with E-state index in [1.165, 1.54) is 93.5 Å². The SMILES string of the molecule is CC(C)(C)c1ccc2c(c1)[cH-]c1cc(C(C)(C)C)ccc12.Cc1ccc([C](=[Zr+2])c2ccc(C)c(C)c2)cc1C.[C-]1=CC=CC1.[Cl-].[Cl-]. The fourth-order valence-electron chi connectivity index (χ4n) is 5.26. The third-order valence-corrected chi connectivity index (χ3v) is 10.0. The molecule has 0 bridgehead atoms. The summed E-state index contributed by atoms with van der Waals surface area (Å²) in [5.74, 6) is 0. The van der Waals surface area contributed by atoms with Crippen molar-refractivity contribution in [2.75, 3.05) is 0 Å². The Hall–Kier alpha value is -2.44. The van der Waals surface area contributed by atoms with Crippen LogP contribution < -0.4 is 24.8 Å². The van der Waals surface area contributed by atoms with Crippen LogP contribution in [0.2, 0.25) is 0 Å². The molecule has 0 saturated heterocycles. The van der Waals surface area contributed by atoms with Gasteiger partial charge in [-0.2, -0.15) is 6.08 Å². The van der Waals surface area contributed by atoms with Crippen LogP contribution in [0.1, 0.15) is 92.5 Å². The van der Waals surface area contributed by atoms with Crippen molar-refractivity contribution in [2.45, 2.75) is 86.5 Å². The molecular formula is C43H48Cl2Zr-2. The Kier molecular flexibility index (Phi) is 14.3. The van der Waals surface area contributed by atoms with E-state index in [1.807, 2.05) is 12.2 Å². The Morgan fingerprint density at radius 3 is 1.35 bits per heavy atom. The van der Waals surface area contributed by atoms with Crippen LogP contribution in [-0.4, -0.2) is 3.21 Å². The summed E-state index contributed by atoms with van der Waals surface area (Å²) in [6.45, 7) is 22.3. The van der Waals surface area contributed by atoms with Gasteiger partial charge in [-0.25, -0.2) is 12.2 Å². The summed E-state index contributed by atoms with van der Waals surface area (Å²) in [5, 5.41) is 5.48. The molecule has 5 aromatic carbocycles. The number of rotatable bonds is 2. The second-order valence-corrected chi connectivity index (χ2v) is 15.5. The van der Waals surface area contributed by atoms with Gasteiger partial charge in [0.05, 0.1) is 0 Å². The Labute approximate surface area is 305 Å². The van der Waals surface area contributed by atoms with E-state index in [-0.39, 0.29) is 35.6 Å². The fourth-order valence-corrected chi connectivity index (χ4v) is 6.02. The van der Waals surface area contributed by atoms with E-state index >= 15 is 0 Å². The average molecular weight is 727 g/mol. The molecule has 1 aliphatic carbocycles. The zero-order chi connectivity index (χ0) is 32.2. The smallest absolute Gasteiger partial charge is 0.109 e. The van der Waals surface area contributed by atoms with Crippen molar-refractivity contribution in [1.29, 1.82) is 0 Å². The molecule has 240 valence electrons. The number of allylic oxidation sites excluding steroid dienone is 4. The van der Waals surface area contributed by atoms with E-state index in [0.29, 0.717) is 0 Å². The monoisotopic (exact) mass is 724 g/mol. The van der Waals surface area contributed by atoms with Gasteiger partial charge in [0.25, 0.3) is 0 Å². The molecular weight excluding hydrogens is 679 g/mol. The molecule has 0 radical (unpaired) electrons. The summed E-state index contributed by atoms with van der Waals surface area (Å²) >= 11 is 1.47. The van der Waals surface area contributed by atoms with Crippen molar-refractivity contribution < 1.29 is 49.0 Å². The normalized spacial score (nSPS) is 12.1. The zero-order valence-electron chi connectivity index (χ0n) is 29.2. The fraction of sp³-hybridized carbons (Fsp3) is 0.302. The third kappa shape index (κ3) is 10.0. The van der Waals surface area contributed by atoms with Gasteiger partial charge in [-0.15, -0.1) is 46.2 Å². The van der Waals surface area contributed by atoms with Crippen LogP contribution in [-0.2, 0) is 35.1 Å². The summed E-state index contributed by atoms with van der Waals surface area (Å²) in [5.41, 5.74) is 11.4. The van der Waals surface area contributed by atoms with Crippen molar-refractivity contribution in [2.24, 2.45) is 0 Å². The van der Waals surface area contributed by atoms with E-state index in [0.717, 1.165) is 6.42 Å². The first-order chi connectivity index (χ1) is 20.6. The predicted molar refractivity (Wildman–Crippen MR) is 191 cm³/mol. The first-order valence-corrected chi connectivity index (χ1v) is 17.0. The molecule has 0 fully saturated rings. The summed E-state index contributed by atoms with van der Waals surface area (Å²) < 4.78 is 1.44. The molecule has 0 aliphatic heterocycles. The Bertz CT molecular complexity index is 1720. The number of hydrogen-bond acceptors (Lipinski definition) is 0. The maximum atomic E-state index is 2.99. The Morgan fingerprint density at radius 1 is 0.609 bits per heavy atom. The van der Waals surface area contributed by atoms with Crippen LogP contribution in [0.4, 0.5) is 0 Å². The minimum Gasteiger partial charge on any atom is -1.00 e. The van der Waals surface area contributed by atoms with E-state index < -0.39 is 0 Å². The van der Waals surface area contributed by atoms with Crippen molar-refractivity contribution >= 4 is 24.8 Å². The summed E-state index contributed by atoms with van der Waals surface area (Å²) in [4.78, 5) is 0. The van der Waals surface area contributed by atoms with Gasteiger partial charge in [-0.3, -0.25) is 6.08 Å². The van der Waals surface area contributed by atoms with Crippen molar-refractivity contribution in [3.63, 3.8) is 0 Å². The summed E-state index contributed by atoms with van der Waals surface area (Å²) in [6, 6.07) is 29.7. The van der Waals surface area contributed by atoms with Crippen LogP contribution in [0.15, 0.2) is 97.1 Å². The number of benzene rings is 4. The van der Waals surface area contributed by atoms with Gasteiger partial charge >= 0.3 is 125 Å². The molecule has 0 amide bonds. The first kappa shape index (κ1) is 39.7. The molecule has 46 heavy (non-hydrogen) atoms. The molecule has 0 spiro atoms.